The molecule has 0 fully saturated rings. The van der Waals surface area contributed by atoms with Crippen molar-refractivity contribution in [1.29, 1.82) is 0 Å². The van der Waals surface area contributed by atoms with Gasteiger partial charge in [-0.1, -0.05) is 42.5 Å². The van der Waals surface area contributed by atoms with Crippen LogP contribution in [0.25, 0.3) is 0 Å². The number of benzene rings is 2. The third-order valence-electron chi connectivity index (χ3n) is 4.14. The number of hydroxylamine groups is 2. The molecule has 0 saturated carbocycles. The fourth-order valence-corrected chi connectivity index (χ4v) is 2.98. The molecule has 124 valence electrons. The zero-order chi connectivity index (χ0) is 16.9. The van der Waals surface area contributed by atoms with Gasteiger partial charge >= 0.3 is 6.03 Å². The molecule has 0 aromatic heterocycles. The second-order valence-corrected chi connectivity index (χ2v) is 5.84. The highest BCUT2D eigenvalue weighted by molar-refractivity contribution is 5.71. The van der Waals surface area contributed by atoms with Crippen molar-refractivity contribution < 1.29 is 14.7 Å². The number of ether oxygens (including phenoxy) is 1. The number of para-hydroxylation sites is 1. The van der Waals surface area contributed by atoms with Gasteiger partial charge in [0, 0.05) is 5.92 Å². The van der Waals surface area contributed by atoms with Crippen molar-refractivity contribution in [2.45, 2.75) is 18.9 Å². The number of primary amides is 1. The van der Waals surface area contributed by atoms with Gasteiger partial charge in [-0.2, -0.15) is 0 Å². The first-order valence-corrected chi connectivity index (χ1v) is 7.89. The molecule has 0 spiro atoms. The van der Waals surface area contributed by atoms with Gasteiger partial charge in [-0.15, -0.1) is 0 Å². The van der Waals surface area contributed by atoms with Gasteiger partial charge in [0.05, 0.1) is 6.04 Å². The summed E-state index contributed by atoms with van der Waals surface area (Å²) < 4.78 is 5.84. The zero-order valence-electron chi connectivity index (χ0n) is 13.2. The first kappa shape index (κ1) is 16.1. The minimum Gasteiger partial charge on any atom is -0.457 e. The number of nitrogens with zero attached hydrogens (tertiary/aromatic N) is 1. The molecule has 1 aliphatic carbocycles. The minimum absolute atomic E-state index is 0.0227. The minimum atomic E-state index is -0.824. The van der Waals surface area contributed by atoms with Crippen LogP contribution in [-0.2, 0) is 6.42 Å². The van der Waals surface area contributed by atoms with Crippen LogP contribution < -0.4 is 10.5 Å². The van der Waals surface area contributed by atoms with Crippen LogP contribution in [0.1, 0.15) is 12.0 Å². The molecule has 24 heavy (non-hydrogen) atoms. The molecule has 2 atom stereocenters. The van der Waals surface area contributed by atoms with Crippen molar-refractivity contribution >= 4 is 6.03 Å². The second kappa shape index (κ2) is 7.19. The van der Waals surface area contributed by atoms with Gasteiger partial charge in [-0.3, -0.25) is 5.21 Å². The van der Waals surface area contributed by atoms with E-state index in [4.69, 9.17) is 10.5 Å². The molecule has 3 N–H and O–H groups in total. The highest BCUT2D eigenvalue weighted by Crippen LogP contribution is 2.28. The van der Waals surface area contributed by atoms with E-state index in [9.17, 15) is 10.0 Å². The van der Waals surface area contributed by atoms with Crippen molar-refractivity contribution in [3.63, 3.8) is 0 Å². The molecule has 0 saturated heterocycles. The summed E-state index contributed by atoms with van der Waals surface area (Å²) in [7, 11) is 0. The van der Waals surface area contributed by atoms with E-state index in [0.717, 1.165) is 17.1 Å². The van der Waals surface area contributed by atoms with Crippen LogP contribution in [0, 0.1) is 5.92 Å². The molecule has 5 heteroatoms. The molecule has 3 rings (SSSR count). The standard InChI is InChI=1S/C19H20N2O3/c20-19(22)21(23)18-11-5-7-15(18)12-14-6-4-10-17(13-14)24-16-8-2-1-3-9-16/h1-10,13,15,18,23H,11-12H2,(H2,20,22)/t15-,18+/m1/s1. The van der Waals surface area contributed by atoms with Crippen LogP contribution in [-0.4, -0.2) is 22.3 Å². The SMILES string of the molecule is NC(=O)N(O)[C@H]1CC=C[C@@H]1Cc1cccc(Oc2ccccc2)c1. The van der Waals surface area contributed by atoms with Crippen LogP contribution in [0.15, 0.2) is 66.7 Å². The van der Waals surface area contributed by atoms with Gasteiger partial charge in [-0.05, 0) is 42.7 Å². The predicted octanol–water partition coefficient (Wildman–Crippen LogP) is 3.74. The molecule has 5 nitrogen and oxygen atoms in total. The first-order valence-electron chi connectivity index (χ1n) is 7.89. The van der Waals surface area contributed by atoms with E-state index in [-0.39, 0.29) is 12.0 Å². The number of amides is 2. The summed E-state index contributed by atoms with van der Waals surface area (Å²) in [6, 6.07) is 16.3. The summed E-state index contributed by atoms with van der Waals surface area (Å²) in [4.78, 5) is 11.2. The number of rotatable bonds is 5. The summed E-state index contributed by atoms with van der Waals surface area (Å²) in [5, 5.41) is 10.5. The summed E-state index contributed by atoms with van der Waals surface area (Å²) >= 11 is 0. The van der Waals surface area contributed by atoms with E-state index in [1.165, 1.54) is 0 Å². The number of urea groups is 1. The van der Waals surface area contributed by atoms with Crippen LogP contribution in [0.3, 0.4) is 0 Å². The number of nitrogens with two attached hydrogens (primary N) is 1. The lowest BCUT2D eigenvalue weighted by Gasteiger charge is -2.26. The van der Waals surface area contributed by atoms with E-state index in [0.29, 0.717) is 17.9 Å². The molecule has 1 aliphatic rings. The second-order valence-electron chi connectivity index (χ2n) is 5.84. The largest absolute Gasteiger partial charge is 0.457 e. The van der Waals surface area contributed by atoms with E-state index < -0.39 is 6.03 Å². The molecular formula is C19H20N2O3. The van der Waals surface area contributed by atoms with Gasteiger partial charge in [-0.25, -0.2) is 9.86 Å². The Balaban J connectivity index is 1.70. The Bertz CT molecular complexity index is 730. The Kier molecular flexibility index (Phi) is 4.82. The van der Waals surface area contributed by atoms with E-state index >= 15 is 0 Å². The quantitative estimate of drug-likeness (QED) is 0.500. The normalized spacial score (nSPS) is 19.2. The highest BCUT2D eigenvalue weighted by Gasteiger charge is 2.30. The molecule has 0 bridgehead atoms. The maximum absolute atomic E-state index is 11.2. The lowest BCUT2D eigenvalue weighted by molar-refractivity contribution is -0.0824. The number of carbonyl (C=O) groups excluding carboxylic acids is 1. The van der Waals surface area contributed by atoms with Crippen LogP contribution >= 0.6 is 0 Å². The Labute approximate surface area is 140 Å². The number of hydrogen-bond acceptors (Lipinski definition) is 3. The third kappa shape index (κ3) is 3.75. The summed E-state index contributed by atoms with van der Waals surface area (Å²) in [5.41, 5.74) is 6.24. The Morgan fingerprint density at radius 1 is 1.17 bits per heavy atom. The lowest BCUT2D eigenvalue weighted by Crippen LogP contribution is -2.43. The molecule has 2 amide bonds. The van der Waals surface area contributed by atoms with Gasteiger partial charge in [0.1, 0.15) is 11.5 Å². The molecule has 0 heterocycles. The fraction of sp³-hybridized carbons (Fsp3) is 0.211. The highest BCUT2D eigenvalue weighted by atomic mass is 16.5. The lowest BCUT2D eigenvalue weighted by atomic mass is 9.94. The average molecular weight is 324 g/mol. The van der Waals surface area contributed by atoms with Crippen molar-refractivity contribution in [3.05, 3.63) is 72.3 Å². The smallest absolute Gasteiger partial charge is 0.338 e. The molecule has 2 aromatic rings. The summed E-state index contributed by atoms with van der Waals surface area (Å²) in [5.74, 6) is 1.56. The number of hydrogen-bond donors (Lipinski definition) is 2. The average Bonchev–Trinajstić information content (AvgIpc) is 3.03. The monoisotopic (exact) mass is 324 g/mol. The van der Waals surface area contributed by atoms with Crippen LogP contribution in [0.5, 0.6) is 11.5 Å². The van der Waals surface area contributed by atoms with Crippen molar-refractivity contribution in [2.24, 2.45) is 11.7 Å². The van der Waals surface area contributed by atoms with Gasteiger partial charge < -0.3 is 10.5 Å². The Hall–Kier alpha value is -2.79. The first-order chi connectivity index (χ1) is 11.6. The van der Waals surface area contributed by atoms with Crippen LogP contribution in [0.2, 0.25) is 0 Å². The van der Waals surface area contributed by atoms with Gasteiger partial charge in [0.25, 0.3) is 0 Å². The Morgan fingerprint density at radius 2 is 1.92 bits per heavy atom. The van der Waals surface area contributed by atoms with Gasteiger partial charge in [0.15, 0.2) is 0 Å². The Morgan fingerprint density at radius 3 is 2.67 bits per heavy atom. The number of carbonyl (C=O) groups is 1. The molecule has 0 unspecified atom stereocenters. The topological polar surface area (TPSA) is 75.8 Å². The predicted molar refractivity (Wildman–Crippen MR) is 90.9 cm³/mol. The van der Waals surface area contributed by atoms with E-state index in [1.807, 2.05) is 66.7 Å². The van der Waals surface area contributed by atoms with E-state index in [1.54, 1.807) is 0 Å². The van der Waals surface area contributed by atoms with Gasteiger partial charge in [0.2, 0.25) is 0 Å². The maximum Gasteiger partial charge on any atom is 0.338 e. The van der Waals surface area contributed by atoms with Crippen molar-refractivity contribution in [3.8, 4) is 11.5 Å². The van der Waals surface area contributed by atoms with E-state index in [2.05, 4.69) is 0 Å². The summed E-state index contributed by atoms with van der Waals surface area (Å²) in [6.07, 6.45) is 5.27. The molecule has 0 radical (unpaired) electrons. The third-order valence-corrected chi connectivity index (χ3v) is 4.14. The summed E-state index contributed by atoms with van der Waals surface area (Å²) in [6.45, 7) is 0. The van der Waals surface area contributed by atoms with Crippen LogP contribution in [0.4, 0.5) is 4.79 Å². The maximum atomic E-state index is 11.2. The fourth-order valence-electron chi connectivity index (χ4n) is 2.98. The molecule has 0 aliphatic heterocycles. The van der Waals surface area contributed by atoms with Crippen molar-refractivity contribution in [2.75, 3.05) is 0 Å². The van der Waals surface area contributed by atoms with Crippen molar-refractivity contribution in [1.82, 2.24) is 5.06 Å². The zero-order valence-corrected chi connectivity index (χ0v) is 13.2. The molecule has 2 aromatic carbocycles. The molecular weight excluding hydrogens is 304 g/mol.